The molecule has 0 fully saturated rings. The van der Waals surface area contributed by atoms with Crippen LogP contribution in [0.5, 0.6) is 0 Å². The van der Waals surface area contributed by atoms with Crippen LogP contribution in [0, 0.1) is 5.92 Å². The van der Waals surface area contributed by atoms with Crippen LogP contribution in [0.25, 0.3) is 0 Å². The van der Waals surface area contributed by atoms with Gasteiger partial charge in [0.25, 0.3) is 0 Å². The van der Waals surface area contributed by atoms with Gasteiger partial charge in [-0.1, -0.05) is 0 Å². The third kappa shape index (κ3) is 2.31. The van der Waals surface area contributed by atoms with Gasteiger partial charge >= 0.3 is 105 Å². The van der Waals surface area contributed by atoms with E-state index in [-0.39, 0.29) is 11.9 Å². The molecule has 0 N–H and O–H groups in total. The Labute approximate surface area is 105 Å². The fourth-order valence-electron chi connectivity index (χ4n) is 2.65. The summed E-state index contributed by atoms with van der Waals surface area (Å²) in [6, 6.07) is 0. The van der Waals surface area contributed by atoms with Crippen molar-refractivity contribution < 1.29 is 9.53 Å². The van der Waals surface area contributed by atoms with Crippen LogP contribution in [0.2, 0.25) is 0 Å². The Hall–Kier alpha value is -0.401. The van der Waals surface area contributed by atoms with Crippen molar-refractivity contribution in [3.05, 3.63) is 11.1 Å². The van der Waals surface area contributed by atoms with Crippen molar-refractivity contribution in [3.63, 3.8) is 0 Å². The molecule has 88 valence electrons. The van der Waals surface area contributed by atoms with Crippen LogP contribution < -0.4 is 0 Å². The number of esters is 1. The number of carbonyl (C=O) groups is 1. The molecule has 1 unspecified atom stereocenters. The van der Waals surface area contributed by atoms with Gasteiger partial charge in [0.2, 0.25) is 0 Å². The fraction of sp³-hybridized carbons (Fsp3) is 0.692. The van der Waals surface area contributed by atoms with Crippen LogP contribution in [0.3, 0.4) is 0 Å². The van der Waals surface area contributed by atoms with Crippen molar-refractivity contribution in [1.82, 2.24) is 0 Å². The van der Waals surface area contributed by atoms with Crippen LogP contribution in [0.1, 0.15) is 45.4 Å². The van der Waals surface area contributed by atoms with E-state index in [4.69, 9.17) is 4.74 Å². The molecule has 0 aromatic heterocycles. The summed E-state index contributed by atoms with van der Waals surface area (Å²) in [4.78, 5) is 11.8. The molecule has 0 bridgehead atoms. The van der Waals surface area contributed by atoms with Crippen molar-refractivity contribution in [2.45, 2.75) is 45.4 Å². The molecule has 0 saturated heterocycles. The normalized spacial score (nSPS) is 25.3. The summed E-state index contributed by atoms with van der Waals surface area (Å²) in [5, 5.41) is 0. The molecule has 3 heteroatoms. The second-order valence-corrected chi connectivity index (χ2v) is 5.44. The van der Waals surface area contributed by atoms with Crippen LogP contribution >= 0.6 is 0 Å². The predicted octanol–water partition coefficient (Wildman–Crippen LogP) is 2.17. The van der Waals surface area contributed by atoms with E-state index in [9.17, 15) is 4.79 Å². The number of rotatable bonds is 2. The molecular weight excluding hydrogens is 267 g/mol. The van der Waals surface area contributed by atoms with Crippen molar-refractivity contribution in [3.8, 4) is 0 Å². The van der Waals surface area contributed by atoms with Gasteiger partial charge in [0, 0.05) is 0 Å². The van der Waals surface area contributed by atoms with Crippen molar-refractivity contribution in [1.29, 1.82) is 0 Å². The Morgan fingerprint density at radius 2 is 2.12 bits per heavy atom. The van der Waals surface area contributed by atoms with E-state index in [2.05, 4.69) is 15.6 Å². The van der Waals surface area contributed by atoms with Gasteiger partial charge in [-0.05, 0) is 0 Å². The standard InChI is InChI=1S/C13H18O2Se/c1-2-15-13(14)11-8-9-6-4-3-5-7-10(9)12(11)16/h11H,2-8H2,1H3. The second kappa shape index (κ2) is 5.29. The summed E-state index contributed by atoms with van der Waals surface area (Å²) in [6.07, 6.45) is 7.09. The molecule has 0 amide bonds. The van der Waals surface area contributed by atoms with Crippen molar-refractivity contribution >= 4 is 26.0 Å². The Bertz CT molecular complexity index is 344. The summed E-state index contributed by atoms with van der Waals surface area (Å²) >= 11 is 3.11. The zero-order valence-electron chi connectivity index (χ0n) is 9.75. The quantitative estimate of drug-likeness (QED) is 0.574. The van der Waals surface area contributed by atoms with Crippen LogP contribution in [0.4, 0.5) is 0 Å². The molecule has 0 aliphatic heterocycles. The maximum absolute atomic E-state index is 11.8. The third-order valence-corrected chi connectivity index (χ3v) is 4.58. The van der Waals surface area contributed by atoms with Crippen molar-refractivity contribution in [2.24, 2.45) is 5.92 Å². The summed E-state index contributed by atoms with van der Waals surface area (Å²) < 4.78 is 6.29. The van der Waals surface area contributed by atoms with E-state index in [1.807, 2.05) is 6.92 Å². The molecule has 0 heterocycles. The molecule has 0 spiro atoms. The number of hydrogen-bond donors (Lipinski definition) is 0. The molecule has 0 aromatic rings. The summed E-state index contributed by atoms with van der Waals surface area (Å²) in [6.45, 7) is 2.34. The zero-order chi connectivity index (χ0) is 11.5. The number of allylic oxidation sites excluding steroid dienone is 2. The van der Waals surface area contributed by atoms with E-state index in [1.165, 1.54) is 36.8 Å². The topological polar surface area (TPSA) is 26.3 Å². The monoisotopic (exact) mass is 286 g/mol. The molecule has 0 radical (unpaired) electrons. The molecule has 2 rings (SSSR count). The van der Waals surface area contributed by atoms with Gasteiger partial charge in [0.05, 0.1) is 0 Å². The number of ether oxygens (including phenoxy) is 1. The third-order valence-electron chi connectivity index (χ3n) is 3.47. The first kappa shape index (κ1) is 12.1. The Balaban J connectivity index is 2.09. The van der Waals surface area contributed by atoms with E-state index < -0.39 is 0 Å². The SMILES string of the molecule is CCOC(=O)C1CC2=C(CCCCC2)C1=[Se]. The average molecular weight is 285 g/mol. The molecular formula is C13H18O2Se. The Morgan fingerprint density at radius 3 is 2.88 bits per heavy atom. The van der Waals surface area contributed by atoms with Crippen LogP contribution in [-0.4, -0.2) is 32.6 Å². The van der Waals surface area contributed by atoms with E-state index in [0.29, 0.717) is 6.61 Å². The summed E-state index contributed by atoms with van der Waals surface area (Å²) in [7, 11) is 0. The van der Waals surface area contributed by atoms with Gasteiger partial charge in [-0.15, -0.1) is 0 Å². The molecule has 2 nitrogen and oxygen atoms in total. The van der Waals surface area contributed by atoms with Crippen LogP contribution in [-0.2, 0) is 9.53 Å². The van der Waals surface area contributed by atoms with E-state index in [0.717, 1.165) is 17.3 Å². The van der Waals surface area contributed by atoms with Gasteiger partial charge in [-0.2, -0.15) is 0 Å². The molecule has 1 atom stereocenters. The van der Waals surface area contributed by atoms with Crippen LogP contribution in [0.15, 0.2) is 11.1 Å². The van der Waals surface area contributed by atoms with Gasteiger partial charge in [0.1, 0.15) is 0 Å². The fourth-order valence-corrected chi connectivity index (χ4v) is 3.54. The number of hydrogen-bond acceptors (Lipinski definition) is 2. The predicted molar refractivity (Wildman–Crippen MR) is 65.6 cm³/mol. The first-order valence-electron chi connectivity index (χ1n) is 6.15. The summed E-state index contributed by atoms with van der Waals surface area (Å²) in [5.41, 5.74) is 2.94. The first-order chi connectivity index (χ1) is 7.74. The maximum atomic E-state index is 11.8. The first-order valence-corrected chi connectivity index (χ1v) is 7.01. The Kier molecular flexibility index (Phi) is 3.99. The molecule has 2 aliphatic rings. The minimum atomic E-state index is -0.0516. The van der Waals surface area contributed by atoms with Gasteiger partial charge < -0.3 is 0 Å². The molecule has 0 saturated carbocycles. The second-order valence-electron chi connectivity index (χ2n) is 4.52. The Morgan fingerprint density at radius 1 is 1.38 bits per heavy atom. The average Bonchev–Trinajstić information content (AvgIpc) is 2.47. The van der Waals surface area contributed by atoms with Crippen molar-refractivity contribution in [2.75, 3.05) is 6.61 Å². The zero-order valence-corrected chi connectivity index (χ0v) is 11.5. The molecule has 16 heavy (non-hydrogen) atoms. The number of carbonyl (C=O) groups excluding carboxylic acids is 1. The molecule has 0 aromatic carbocycles. The van der Waals surface area contributed by atoms with Gasteiger partial charge in [-0.25, -0.2) is 0 Å². The van der Waals surface area contributed by atoms with Gasteiger partial charge in [-0.3, -0.25) is 0 Å². The van der Waals surface area contributed by atoms with Gasteiger partial charge in [0.15, 0.2) is 0 Å². The van der Waals surface area contributed by atoms with E-state index in [1.54, 1.807) is 0 Å². The summed E-state index contributed by atoms with van der Waals surface area (Å²) in [5.74, 6) is -0.0765. The van der Waals surface area contributed by atoms with E-state index >= 15 is 0 Å². The molecule has 2 aliphatic carbocycles. The minimum absolute atomic E-state index is 0.0250.